The lowest BCUT2D eigenvalue weighted by molar-refractivity contribution is -0.201. The lowest BCUT2D eigenvalue weighted by atomic mass is 9.77. The van der Waals surface area contributed by atoms with Crippen LogP contribution in [0.2, 0.25) is 0 Å². The van der Waals surface area contributed by atoms with E-state index in [4.69, 9.17) is 0 Å². The number of halogens is 4. The van der Waals surface area contributed by atoms with Crippen LogP contribution in [0.15, 0.2) is 0 Å². The lowest BCUT2D eigenvalue weighted by Crippen LogP contribution is -2.49. The van der Waals surface area contributed by atoms with E-state index in [0.717, 1.165) is 12.8 Å². The number of amides is 1. The first-order chi connectivity index (χ1) is 9.86. The molecule has 1 amide bonds. The second kappa shape index (κ2) is 8.39. The van der Waals surface area contributed by atoms with Gasteiger partial charge in [0.1, 0.15) is 0 Å². The van der Waals surface area contributed by atoms with Gasteiger partial charge in [-0.25, -0.2) is 0 Å². The second-order valence-corrected chi connectivity index (χ2v) is 6.52. The van der Waals surface area contributed by atoms with Crippen LogP contribution in [0.4, 0.5) is 13.2 Å². The first-order valence-electron chi connectivity index (χ1n) is 7.79. The van der Waals surface area contributed by atoms with Crippen LogP contribution < -0.4 is 0 Å². The quantitative estimate of drug-likeness (QED) is 0.616. The molecule has 6 heteroatoms. The zero-order valence-electron chi connectivity index (χ0n) is 12.8. The van der Waals surface area contributed by atoms with Crippen LogP contribution in [0.5, 0.6) is 0 Å². The number of carbonyl (C=O) groups is 1. The zero-order valence-corrected chi connectivity index (χ0v) is 14.3. The molecule has 0 aromatic carbocycles. The van der Waals surface area contributed by atoms with E-state index >= 15 is 0 Å². The van der Waals surface area contributed by atoms with Gasteiger partial charge in [0.25, 0.3) is 0 Å². The van der Waals surface area contributed by atoms with Crippen molar-refractivity contribution < 1.29 is 18.0 Å². The van der Waals surface area contributed by atoms with Crippen molar-refractivity contribution in [2.45, 2.75) is 64.6 Å². The fourth-order valence-corrected chi connectivity index (χ4v) is 3.71. The molecule has 0 aromatic rings. The van der Waals surface area contributed by atoms with E-state index in [-0.39, 0.29) is 18.4 Å². The van der Waals surface area contributed by atoms with E-state index in [1.54, 1.807) is 4.90 Å². The Balaban J connectivity index is 2.94. The summed E-state index contributed by atoms with van der Waals surface area (Å²) in [4.78, 5) is 14.4. The van der Waals surface area contributed by atoms with Crippen LogP contribution in [-0.2, 0) is 4.79 Å². The summed E-state index contributed by atoms with van der Waals surface area (Å²) >= 11 is 3.31. The molecule has 1 aliphatic rings. The Morgan fingerprint density at radius 3 is 2.29 bits per heavy atom. The van der Waals surface area contributed by atoms with Gasteiger partial charge in [0, 0.05) is 23.8 Å². The predicted molar refractivity (Wildman–Crippen MR) is 81.4 cm³/mol. The first-order valence-corrected chi connectivity index (χ1v) is 8.92. The third-order valence-electron chi connectivity index (χ3n) is 4.50. The fourth-order valence-electron chi connectivity index (χ4n) is 3.32. The number of alkyl halides is 4. The SMILES string of the molecule is CCC(CC)N(CCBr)C(=O)C1CCCCC1C(F)(F)F. The molecule has 0 aromatic heterocycles. The summed E-state index contributed by atoms with van der Waals surface area (Å²) in [6.45, 7) is 4.43. The molecule has 1 aliphatic carbocycles. The normalized spacial score (nSPS) is 23.4. The molecular formula is C15H25BrF3NO. The number of rotatable bonds is 6. The van der Waals surface area contributed by atoms with Crippen LogP contribution >= 0.6 is 15.9 Å². The molecule has 1 rings (SSSR count). The Kier molecular flexibility index (Phi) is 7.51. The molecule has 2 unspecified atom stereocenters. The van der Waals surface area contributed by atoms with Gasteiger partial charge in [-0.1, -0.05) is 42.6 Å². The van der Waals surface area contributed by atoms with Crippen LogP contribution in [-0.4, -0.2) is 34.9 Å². The van der Waals surface area contributed by atoms with Gasteiger partial charge in [0.15, 0.2) is 0 Å². The minimum absolute atomic E-state index is 0.0332. The van der Waals surface area contributed by atoms with Crippen LogP contribution in [0, 0.1) is 11.8 Å². The van der Waals surface area contributed by atoms with E-state index in [9.17, 15) is 18.0 Å². The average molecular weight is 372 g/mol. The van der Waals surface area contributed by atoms with Gasteiger partial charge < -0.3 is 4.90 Å². The van der Waals surface area contributed by atoms with E-state index in [0.29, 0.717) is 31.1 Å². The molecular weight excluding hydrogens is 347 g/mol. The highest BCUT2D eigenvalue weighted by Gasteiger charge is 2.49. The predicted octanol–water partition coefficient (Wildman–Crippen LogP) is 4.77. The molecule has 0 saturated heterocycles. The monoisotopic (exact) mass is 371 g/mol. The summed E-state index contributed by atoms with van der Waals surface area (Å²) in [5.74, 6) is -2.66. The summed E-state index contributed by atoms with van der Waals surface area (Å²) in [6, 6.07) is 0.0332. The minimum Gasteiger partial charge on any atom is -0.339 e. The van der Waals surface area contributed by atoms with E-state index in [1.165, 1.54) is 0 Å². The maximum absolute atomic E-state index is 13.2. The highest BCUT2D eigenvalue weighted by Crippen LogP contribution is 2.42. The fraction of sp³-hybridized carbons (Fsp3) is 0.933. The van der Waals surface area contributed by atoms with E-state index in [1.807, 2.05) is 13.8 Å². The topological polar surface area (TPSA) is 20.3 Å². The van der Waals surface area contributed by atoms with Crippen LogP contribution in [0.3, 0.4) is 0 Å². The second-order valence-electron chi connectivity index (χ2n) is 5.73. The third kappa shape index (κ3) is 4.86. The molecule has 1 saturated carbocycles. The number of nitrogens with zero attached hydrogens (tertiary/aromatic N) is 1. The molecule has 0 bridgehead atoms. The molecule has 124 valence electrons. The molecule has 21 heavy (non-hydrogen) atoms. The van der Waals surface area contributed by atoms with E-state index in [2.05, 4.69) is 15.9 Å². The number of hydrogen-bond acceptors (Lipinski definition) is 1. The molecule has 0 N–H and O–H groups in total. The largest absolute Gasteiger partial charge is 0.392 e. The Morgan fingerprint density at radius 1 is 1.24 bits per heavy atom. The maximum Gasteiger partial charge on any atom is 0.392 e. The molecule has 0 radical (unpaired) electrons. The first kappa shape index (κ1) is 18.8. The molecule has 2 nitrogen and oxygen atoms in total. The summed E-state index contributed by atoms with van der Waals surface area (Å²) in [5.41, 5.74) is 0. The van der Waals surface area contributed by atoms with Crippen LogP contribution in [0.25, 0.3) is 0 Å². The number of hydrogen-bond donors (Lipinski definition) is 0. The van der Waals surface area contributed by atoms with Crippen LogP contribution in [0.1, 0.15) is 52.4 Å². The van der Waals surface area contributed by atoms with Crippen molar-refractivity contribution in [1.82, 2.24) is 4.90 Å². The van der Waals surface area contributed by atoms with Crippen molar-refractivity contribution in [2.75, 3.05) is 11.9 Å². The van der Waals surface area contributed by atoms with Crippen molar-refractivity contribution in [1.29, 1.82) is 0 Å². The highest BCUT2D eigenvalue weighted by molar-refractivity contribution is 9.09. The van der Waals surface area contributed by atoms with Crippen molar-refractivity contribution in [3.05, 3.63) is 0 Å². The summed E-state index contributed by atoms with van der Waals surface area (Å²) < 4.78 is 39.6. The van der Waals surface area contributed by atoms with Gasteiger partial charge in [-0.3, -0.25) is 4.79 Å². The third-order valence-corrected chi connectivity index (χ3v) is 4.85. The smallest absolute Gasteiger partial charge is 0.339 e. The minimum atomic E-state index is -4.27. The summed E-state index contributed by atoms with van der Waals surface area (Å²) in [7, 11) is 0. The Labute approximate surface area is 133 Å². The Hall–Kier alpha value is -0.260. The Morgan fingerprint density at radius 2 is 1.81 bits per heavy atom. The van der Waals surface area contributed by atoms with E-state index < -0.39 is 18.0 Å². The molecule has 0 spiro atoms. The molecule has 0 aliphatic heterocycles. The van der Waals surface area contributed by atoms with Gasteiger partial charge in [-0.05, 0) is 25.7 Å². The van der Waals surface area contributed by atoms with Gasteiger partial charge in [0.2, 0.25) is 5.91 Å². The van der Waals surface area contributed by atoms with Crippen molar-refractivity contribution in [3.8, 4) is 0 Å². The standard InChI is InChI=1S/C15H25BrF3NO/c1-3-11(4-2)20(10-9-16)14(21)12-7-5-6-8-13(12)15(17,18)19/h11-13H,3-10H2,1-2H3. The Bertz CT molecular complexity index is 331. The zero-order chi connectivity index (χ0) is 16.0. The summed E-state index contributed by atoms with van der Waals surface area (Å²) in [6.07, 6.45) is -0.982. The van der Waals surface area contributed by atoms with Gasteiger partial charge in [-0.2, -0.15) is 13.2 Å². The maximum atomic E-state index is 13.2. The lowest BCUT2D eigenvalue weighted by Gasteiger charge is -2.38. The molecule has 0 heterocycles. The molecule has 1 fully saturated rings. The summed E-state index contributed by atoms with van der Waals surface area (Å²) in [5, 5.41) is 0.596. The van der Waals surface area contributed by atoms with Crippen molar-refractivity contribution in [3.63, 3.8) is 0 Å². The van der Waals surface area contributed by atoms with Crippen molar-refractivity contribution in [2.24, 2.45) is 11.8 Å². The highest BCUT2D eigenvalue weighted by atomic mass is 79.9. The molecule has 2 atom stereocenters. The van der Waals surface area contributed by atoms with Gasteiger partial charge >= 0.3 is 6.18 Å². The van der Waals surface area contributed by atoms with Gasteiger partial charge in [0.05, 0.1) is 5.92 Å². The van der Waals surface area contributed by atoms with Gasteiger partial charge in [-0.15, -0.1) is 0 Å². The average Bonchev–Trinajstić information content (AvgIpc) is 2.46. The van der Waals surface area contributed by atoms with Crippen molar-refractivity contribution >= 4 is 21.8 Å². The number of carbonyl (C=O) groups excluding carboxylic acids is 1.